The monoisotopic (exact) mass is 228 g/mol. The van der Waals surface area contributed by atoms with Gasteiger partial charge in [0, 0.05) is 6.54 Å². The van der Waals surface area contributed by atoms with Gasteiger partial charge in [0.2, 0.25) is 0 Å². The van der Waals surface area contributed by atoms with Gasteiger partial charge < -0.3 is 15.4 Å². The van der Waals surface area contributed by atoms with Gasteiger partial charge in [0.25, 0.3) is 0 Å². The number of rotatable bonds is 8. The van der Waals surface area contributed by atoms with Crippen molar-refractivity contribution in [1.82, 2.24) is 10.6 Å². The Labute approximate surface area is 100 Å². The summed E-state index contributed by atoms with van der Waals surface area (Å²) < 4.78 is 5.54. The van der Waals surface area contributed by atoms with Gasteiger partial charge in [-0.15, -0.1) is 0 Å². The van der Waals surface area contributed by atoms with E-state index in [2.05, 4.69) is 31.4 Å². The first-order valence-electron chi connectivity index (χ1n) is 6.71. The fraction of sp³-hybridized carbons (Fsp3) is 1.00. The van der Waals surface area contributed by atoms with Gasteiger partial charge in [-0.05, 0) is 51.2 Å². The van der Waals surface area contributed by atoms with Crippen LogP contribution in [0.5, 0.6) is 0 Å². The number of nitrogens with one attached hydrogen (secondary N) is 2. The van der Waals surface area contributed by atoms with Gasteiger partial charge in [0.05, 0.1) is 12.7 Å². The fourth-order valence-electron chi connectivity index (χ4n) is 2.08. The Bertz CT molecular complexity index is 173. The molecule has 1 aliphatic rings. The molecule has 0 aromatic carbocycles. The Morgan fingerprint density at radius 1 is 1.25 bits per heavy atom. The van der Waals surface area contributed by atoms with Crippen LogP contribution in [0.1, 0.15) is 33.6 Å². The molecule has 1 heterocycles. The van der Waals surface area contributed by atoms with Crippen molar-refractivity contribution in [2.75, 3.05) is 32.8 Å². The molecule has 0 aromatic rings. The van der Waals surface area contributed by atoms with E-state index in [1.165, 1.54) is 12.8 Å². The summed E-state index contributed by atoms with van der Waals surface area (Å²) in [6.45, 7) is 12.1. The van der Waals surface area contributed by atoms with Gasteiger partial charge in [0.1, 0.15) is 0 Å². The lowest BCUT2D eigenvalue weighted by atomic mass is 10.1. The average molecular weight is 228 g/mol. The minimum absolute atomic E-state index is 0.472. The largest absolute Gasteiger partial charge is 0.378 e. The topological polar surface area (TPSA) is 33.3 Å². The van der Waals surface area contributed by atoms with Crippen LogP contribution in [0.25, 0.3) is 0 Å². The number of hydrogen-bond donors (Lipinski definition) is 2. The van der Waals surface area contributed by atoms with Crippen LogP contribution in [0.3, 0.4) is 0 Å². The Hall–Kier alpha value is -0.120. The van der Waals surface area contributed by atoms with Crippen LogP contribution >= 0.6 is 0 Å². The first-order chi connectivity index (χ1) is 7.68. The molecule has 0 bridgehead atoms. The van der Waals surface area contributed by atoms with Crippen molar-refractivity contribution in [3.8, 4) is 0 Å². The Morgan fingerprint density at radius 2 is 2.00 bits per heavy atom. The van der Waals surface area contributed by atoms with E-state index in [1.807, 2.05) is 0 Å². The second kappa shape index (κ2) is 8.04. The molecule has 2 atom stereocenters. The van der Waals surface area contributed by atoms with Crippen LogP contribution < -0.4 is 10.6 Å². The van der Waals surface area contributed by atoms with Crippen molar-refractivity contribution in [2.45, 2.75) is 39.7 Å². The minimum Gasteiger partial charge on any atom is -0.378 e. The predicted octanol–water partition coefficient (Wildman–Crippen LogP) is 1.64. The van der Waals surface area contributed by atoms with Gasteiger partial charge in [-0.2, -0.15) is 0 Å². The van der Waals surface area contributed by atoms with E-state index in [9.17, 15) is 0 Å². The molecule has 1 saturated heterocycles. The van der Waals surface area contributed by atoms with Crippen molar-refractivity contribution in [3.05, 3.63) is 0 Å². The summed E-state index contributed by atoms with van der Waals surface area (Å²) in [6.07, 6.45) is 2.91. The van der Waals surface area contributed by atoms with Crippen molar-refractivity contribution in [1.29, 1.82) is 0 Å². The summed E-state index contributed by atoms with van der Waals surface area (Å²) >= 11 is 0. The number of ether oxygens (including phenoxy) is 1. The van der Waals surface area contributed by atoms with Crippen LogP contribution in [0, 0.1) is 11.8 Å². The molecular formula is C13H28N2O. The van der Waals surface area contributed by atoms with Crippen LogP contribution in [0.15, 0.2) is 0 Å². The molecule has 0 amide bonds. The molecule has 0 aliphatic carbocycles. The highest BCUT2D eigenvalue weighted by Crippen LogP contribution is 2.17. The molecule has 2 N–H and O–H groups in total. The molecule has 1 aliphatic heterocycles. The normalized spacial score (nSPS) is 25.5. The van der Waals surface area contributed by atoms with Crippen LogP contribution in [-0.2, 0) is 4.74 Å². The van der Waals surface area contributed by atoms with E-state index < -0.39 is 0 Å². The summed E-state index contributed by atoms with van der Waals surface area (Å²) in [7, 11) is 0. The van der Waals surface area contributed by atoms with Gasteiger partial charge >= 0.3 is 0 Å². The summed E-state index contributed by atoms with van der Waals surface area (Å²) in [4.78, 5) is 0. The second-order valence-corrected chi connectivity index (χ2v) is 5.40. The van der Waals surface area contributed by atoms with Crippen molar-refractivity contribution in [2.24, 2.45) is 11.8 Å². The highest BCUT2D eigenvalue weighted by molar-refractivity contribution is 4.72. The van der Waals surface area contributed by atoms with Crippen molar-refractivity contribution in [3.63, 3.8) is 0 Å². The van der Waals surface area contributed by atoms with Crippen LogP contribution in [0.4, 0.5) is 0 Å². The lowest BCUT2D eigenvalue weighted by Crippen LogP contribution is -2.28. The average Bonchev–Trinajstić information content (AvgIpc) is 2.62. The Morgan fingerprint density at radius 3 is 2.62 bits per heavy atom. The Kier molecular flexibility index (Phi) is 7.01. The lowest BCUT2D eigenvalue weighted by Gasteiger charge is -2.10. The summed E-state index contributed by atoms with van der Waals surface area (Å²) in [6, 6.07) is 0. The first kappa shape index (κ1) is 13.9. The fourth-order valence-corrected chi connectivity index (χ4v) is 2.08. The standard InChI is InChI=1S/C13H28N2O/c1-11(2)8-14-5-4-6-15-9-13-7-12(3)16-10-13/h11-15H,4-10H2,1-3H3. The van der Waals surface area contributed by atoms with Gasteiger partial charge in [0.15, 0.2) is 0 Å². The molecule has 1 rings (SSSR count). The highest BCUT2D eigenvalue weighted by atomic mass is 16.5. The molecule has 3 nitrogen and oxygen atoms in total. The van der Waals surface area contributed by atoms with E-state index in [4.69, 9.17) is 4.74 Å². The van der Waals surface area contributed by atoms with Gasteiger partial charge in [-0.1, -0.05) is 13.8 Å². The maximum absolute atomic E-state index is 5.54. The molecule has 0 saturated carbocycles. The molecule has 0 radical (unpaired) electrons. The van der Waals surface area contributed by atoms with E-state index in [0.717, 1.165) is 44.6 Å². The summed E-state index contributed by atoms with van der Waals surface area (Å²) in [5, 5.41) is 6.97. The molecule has 0 aromatic heterocycles. The van der Waals surface area contributed by atoms with E-state index in [-0.39, 0.29) is 0 Å². The zero-order valence-electron chi connectivity index (χ0n) is 11.1. The summed E-state index contributed by atoms with van der Waals surface area (Å²) in [5.74, 6) is 1.49. The zero-order valence-corrected chi connectivity index (χ0v) is 11.1. The minimum atomic E-state index is 0.472. The third-order valence-electron chi connectivity index (χ3n) is 2.97. The van der Waals surface area contributed by atoms with E-state index in [1.54, 1.807) is 0 Å². The smallest absolute Gasteiger partial charge is 0.0551 e. The maximum Gasteiger partial charge on any atom is 0.0551 e. The first-order valence-corrected chi connectivity index (χ1v) is 6.71. The lowest BCUT2D eigenvalue weighted by molar-refractivity contribution is 0.120. The SMILES string of the molecule is CC(C)CNCCCNCC1COC(C)C1. The quantitative estimate of drug-likeness (QED) is 0.620. The molecule has 3 heteroatoms. The molecular weight excluding hydrogens is 200 g/mol. The highest BCUT2D eigenvalue weighted by Gasteiger charge is 2.20. The third kappa shape index (κ3) is 6.46. The van der Waals surface area contributed by atoms with E-state index in [0.29, 0.717) is 6.10 Å². The summed E-state index contributed by atoms with van der Waals surface area (Å²) in [5.41, 5.74) is 0. The van der Waals surface area contributed by atoms with Gasteiger partial charge in [-0.25, -0.2) is 0 Å². The second-order valence-electron chi connectivity index (χ2n) is 5.40. The molecule has 16 heavy (non-hydrogen) atoms. The van der Waals surface area contributed by atoms with Crippen LogP contribution in [-0.4, -0.2) is 38.9 Å². The van der Waals surface area contributed by atoms with Crippen molar-refractivity contribution >= 4 is 0 Å². The predicted molar refractivity (Wildman–Crippen MR) is 68.7 cm³/mol. The Balaban J connectivity index is 1.81. The molecule has 1 fully saturated rings. The molecule has 0 spiro atoms. The third-order valence-corrected chi connectivity index (χ3v) is 2.97. The zero-order chi connectivity index (χ0) is 11.8. The van der Waals surface area contributed by atoms with Crippen molar-refractivity contribution < 1.29 is 4.74 Å². The molecule has 2 unspecified atom stereocenters. The van der Waals surface area contributed by atoms with Crippen LogP contribution in [0.2, 0.25) is 0 Å². The van der Waals surface area contributed by atoms with E-state index >= 15 is 0 Å². The number of hydrogen-bond acceptors (Lipinski definition) is 3. The van der Waals surface area contributed by atoms with Gasteiger partial charge in [-0.3, -0.25) is 0 Å². The molecule has 96 valence electrons. The maximum atomic E-state index is 5.54.